The highest BCUT2D eigenvalue weighted by Crippen LogP contribution is 2.15. The van der Waals surface area contributed by atoms with Crippen LogP contribution >= 0.6 is 0 Å². The molecule has 4 heteroatoms. The van der Waals surface area contributed by atoms with E-state index in [1.165, 1.54) is 6.92 Å². The quantitative estimate of drug-likeness (QED) is 0.507. The summed E-state index contributed by atoms with van der Waals surface area (Å²) in [6.45, 7) is 7.28. The molecule has 0 saturated heterocycles. The third kappa shape index (κ3) is 11.0. The van der Waals surface area contributed by atoms with Gasteiger partial charge in [0.15, 0.2) is 0 Å². The normalized spacial score (nSPS) is 15.0. The molecule has 120 valence electrons. The molecular formula is C17H28O4. The number of ether oxygens (including phenoxy) is 1. The summed E-state index contributed by atoms with van der Waals surface area (Å²) in [7, 11) is 0. The second kappa shape index (κ2) is 11.3. The van der Waals surface area contributed by atoms with Gasteiger partial charge in [-0.1, -0.05) is 28.9 Å². The lowest BCUT2D eigenvalue weighted by Crippen LogP contribution is -2.15. The molecule has 0 aliphatic heterocycles. The lowest BCUT2D eigenvalue weighted by Gasteiger charge is -2.15. The second-order valence-electron chi connectivity index (χ2n) is 5.35. The van der Waals surface area contributed by atoms with E-state index in [0.29, 0.717) is 6.42 Å². The summed E-state index contributed by atoms with van der Waals surface area (Å²) < 4.78 is 5.29. The number of aliphatic hydroxyl groups excluding tert-OH is 2. The van der Waals surface area contributed by atoms with Crippen molar-refractivity contribution in [2.75, 3.05) is 13.2 Å². The molecule has 2 N–H and O–H groups in total. The molecule has 0 aliphatic carbocycles. The number of hydrogen-bond donors (Lipinski definition) is 2. The lowest BCUT2D eigenvalue weighted by atomic mass is 10.0. The first kappa shape index (κ1) is 19.6. The monoisotopic (exact) mass is 296 g/mol. The minimum Gasteiger partial charge on any atom is -0.458 e. The topological polar surface area (TPSA) is 66.8 Å². The van der Waals surface area contributed by atoms with Gasteiger partial charge in [0.1, 0.15) is 6.10 Å². The molecule has 0 aliphatic rings. The van der Waals surface area contributed by atoms with Crippen LogP contribution in [0.2, 0.25) is 0 Å². The molecule has 0 fully saturated rings. The minimum atomic E-state index is -0.308. The first-order valence-electron chi connectivity index (χ1n) is 7.26. The maximum Gasteiger partial charge on any atom is 0.303 e. The van der Waals surface area contributed by atoms with Crippen LogP contribution in [0.1, 0.15) is 47.0 Å². The molecule has 0 rings (SSSR count). The van der Waals surface area contributed by atoms with E-state index in [-0.39, 0.29) is 25.3 Å². The molecular weight excluding hydrogens is 268 g/mol. The highest BCUT2D eigenvalue weighted by molar-refractivity contribution is 5.66. The average molecular weight is 296 g/mol. The lowest BCUT2D eigenvalue weighted by molar-refractivity contribution is -0.144. The van der Waals surface area contributed by atoms with Crippen molar-refractivity contribution in [1.82, 2.24) is 0 Å². The second-order valence-corrected chi connectivity index (χ2v) is 5.35. The SMILES string of the molecule is CC(=O)OC(/C=C(\C)CC/C=C(\C)CO)C/C(C)=C/CO. The van der Waals surface area contributed by atoms with E-state index in [4.69, 9.17) is 14.9 Å². The Labute approximate surface area is 127 Å². The molecule has 0 bridgehead atoms. The van der Waals surface area contributed by atoms with Crippen LogP contribution in [0.25, 0.3) is 0 Å². The van der Waals surface area contributed by atoms with E-state index in [1.54, 1.807) is 6.08 Å². The van der Waals surface area contributed by atoms with Crippen molar-refractivity contribution >= 4 is 5.97 Å². The molecule has 4 nitrogen and oxygen atoms in total. The molecule has 21 heavy (non-hydrogen) atoms. The molecule has 0 saturated carbocycles. The summed E-state index contributed by atoms with van der Waals surface area (Å²) in [5.74, 6) is -0.308. The van der Waals surface area contributed by atoms with E-state index in [0.717, 1.165) is 29.6 Å². The van der Waals surface area contributed by atoms with Gasteiger partial charge in [0.05, 0.1) is 13.2 Å². The van der Waals surface area contributed by atoms with Crippen molar-refractivity contribution in [1.29, 1.82) is 0 Å². The molecule has 0 aromatic rings. The number of esters is 1. The molecule has 0 spiro atoms. The van der Waals surface area contributed by atoms with E-state index in [9.17, 15) is 4.79 Å². The van der Waals surface area contributed by atoms with Crippen molar-refractivity contribution in [3.05, 3.63) is 34.9 Å². The van der Waals surface area contributed by atoms with Gasteiger partial charge in [0.25, 0.3) is 0 Å². The predicted molar refractivity (Wildman–Crippen MR) is 84.8 cm³/mol. The van der Waals surface area contributed by atoms with Gasteiger partial charge in [-0.05, 0) is 39.7 Å². The number of carbonyl (C=O) groups excluding carboxylic acids is 1. The van der Waals surface area contributed by atoms with Crippen LogP contribution in [0.5, 0.6) is 0 Å². The Kier molecular flexibility index (Phi) is 10.5. The fourth-order valence-corrected chi connectivity index (χ4v) is 1.92. The smallest absolute Gasteiger partial charge is 0.303 e. The van der Waals surface area contributed by atoms with Crippen molar-refractivity contribution in [2.24, 2.45) is 0 Å². The Morgan fingerprint density at radius 2 is 1.71 bits per heavy atom. The van der Waals surface area contributed by atoms with Gasteiger partial charge in [0, 0.05) is 13.3 Å². The van der Waals surface area contributed by atoms with Gasteiger partial charge >= 0.3 is 5.97 Å². The van der Waals surface area contributed by atoms with E-state index >= 15 is 0 Å². The number of rotatable bonds is 9. The Morgan fingerprint density at radius 1 is 1.05 bits per heavy atom. The molecule has 0 heterocycles. The Hall–Kier alpha value is -1.39. The highest BCUT2D eigenvalue weighted by Gasteiger charge is 2.10. The summed E-state index contributed by atoms with van der Waals surface area (Å²) in [6.07, 6.45) is 7.68. The first-order chi connectivity index (χ1) is 9.88. The third-order valence-electron chi connectivity index (χ3n) is 3.03. The fourth-order valence-electron chi connectivity index (χ4n) is 1.92. The average Bonchev–Trinajstić information content (AvgIpc) is 2.37. The summed E-state index contributed by atoms with van der Waals surface area (Å²) >= 11 is 0. The highest BCUT2D eigenvalue weighted by atomic mass is 16.5. The third-order valence-corrected chi connectivity index (χ3v) is 3.03. The van der Waals surface area contributed by atoms with Crippen molar-refractivity contribution in [3.63, 3.8) is 0 Å². The molecule has 0 aromatic heterocycles. The molecule has 0 radical (unpaired) electrons. The van der Waals surface area contributed by atoms with Crippen LogP contribution in [-0.2, 0) is 9.53 Å². The van der Waals surface area contributed by atoms with Gasteiger partial charge in [-0.15, -0.1) is 0 Å². The number of aliphatic hydroxyl groups is 2. The van der Waals surface area contributed by atoms with Crippen LogP contribution in [0.3, 0.4) is 0 Å². The number of carbonyl (C=O) groups is 1. The van der Waals surface area contributed by atoms with Crippen molar-refractivity contribution < 1.29 is 19.7 Å². The van der Waals surface area contributed by atoms with Gasteiger partial charge in [-0.25, -0.2) is 0 Å². The zero-order valence-corrected chi connectivity index (χ0v) is 13.6. The maximum atomic E-state index is 11.2. The van der Waals surface area contributed by atoms with Gasteiger partial charge in [-0.2, -0.15) is 0 Å². The summed E-state index contributed by atoms with van der Waals surface area (Å²) in [5.41, 5.74) is 3.09. The van der Waals surface area contributed by atoms with Gasteiger partial charge < -0.3 is 14.9 Å². The minimum absolute atomic E-state index is 0.00739. The van der Waals surface area contributed by atoms with Gasteiger partial charge in [-0.3, -0.25) is 4.79 Å². The first-order valence-corrected chi connectivity index (χ1v) is 7.26. The van der Waals surface area contributed by atoms with Crippen LogP contribution in [0.15, 0.2) is 34.9 Å². The Morgan fingerprint density at radius 3 is 2.24 bits per heavy atom. The van der Waals surface area contributed by atoms with Crippen LogP contribution in [0, 0.1) is 0 Å². The van der Waals surface area contributed by atoms with Crippen LogP contribution in [-0.4, -0.2) is 35.5 Å². The summed E-state index contributed by atoms with van der Waals surface area (Å²) in [6, 6.07) is 0. The Bertz CT molecular complexity index is 405. The molecule has 0 aromatic carbocycles. The summed E-state index contributed by atoms with van der Waals surface area (Å²) in [4.78, 5) is 11.2. The number of hydrogen-bond acceptors (Lipinski definition) is 4. The molecule has 0 amide bonds. The van der Waals surface area contributed by atoms with Gasteiger partial charge in [0.2, 0.25) is 0 Å². The predicted octanol–water partition coefficient (Wildman–Crippen LogP) is 2.91. The largest absolute Gasteiger partial charge is 0.458 e. The van der Waals surface area contributed by atoms with Crippen molar-refractivity contribution in [3.8, 4) is 0 Å². The standard InChI is InChI=1S/C17H28O4/c1-13(6-5-7-15(3)12-19)10-17(21-16(4)20)11-14(2)8-9-18/h7-8,10,17-19H,5-6,9,11-12H2,1-4H3/b13-10+,14-8+,15-7+. The number of allylic oxidation sites excluding steroid dienone is 2. The van der Waals surface area contributed by atoms with Crippen LogP contribution < -0.4 is 0 Å². The van der Waals surface area contributed by atoms with E-state index < -0.39 is 0 Å². The zero-order valence-electron chi connectivity index (χ0n) is 13.6. The molecule has 1 unspecified atom stereocenters. The molecule has 1 atom stereocenters. The van der Waals surface area contributed by atoms with Crippen LogP contribution in [0.4, 0.5) is 0 Å². The van der Waals surface area contributed by atoms with Crippen molar-refractivity contribution in [2.45, 2.75) is 53.1 Å². The van der Waals surface area contributed by atoms with E-state index in [1.807, 2.05) is 32.9 Å². The zero-order chi connectivity index (χ0) is 16.3. The summed E-state index contributed by atoms with van der Waals surface area (Å²) in [5, 5.41) is 17.8. The van der Waals surface area contributed by atoms with E-state index in [2.05, 4.69) is 0 Å². The fraction of sp³-hybridized carbons (Fsp3) is 0.588. The Balaban J connectivity index is 4.64. The maximum absolute atomic E-state index is 11.2.